The summed E-state index contributed by atoms with van der Waals surface area (Å²) in [6.07, 6.45) is -1.28. The van der Waals surface area contributed by atoms with Gasteiger partial charge in [0.2, 0.25) is 0 Å². The highest BCUT2D eigenvalue weighted by atomic mass is 79.9. The Morgan fingerprint density at radius 2 is 2.12 bits per heavy atom. The van der Waals surface area contributed by atoms with Crippen LogP contribution in [0, 0.1) is 0 Å². The summed E-state index contributed by atoms with van der Waals surface area (Å²) >= 11 is 3.18. The molecule has 0 amide bonds. The molecule has 1 fully saturated rings. The van der Waals surface area contributed by atoms with Gasteiger partial charge in [-0.15, -0.1) is 0 Å². The second-order valence-corrected chi connectivity index (χ2v) is 4.96. The minimum atomic E-state index is -4.25. The molecule has 0 aromatic carbocycles. The molecule has 0 radical (unpaired) electrons. The second kappa shape index (κ2) is 4.36. The third-order valence-corrected chi connectivity index (χ3v) is 2.90. The fourth-order valence-corrected chi connectivity index (χ4v) is 1.99. The molecular formula is C10H11BrF3N3. The van der Waals surface area contributed by atoms with Gasteiger partial charge in [0.25, 0.3) is 0 Å². The fraction of sp³-hybridized carbons (Fsp3) is 0.500. The van der Waals surface area contributed by atoms with Crippen LogP contribution in [0.3, 0.4) is 0 Å². The molecule has 1 aromatic heterocycles. The molecule has 94 valence electrons. The van der Waals surface area contributed by atoms with Gasteiger partial charge in [0.1, 0.15) is 6.54 Å². The Morgan fingerprint density at radius 3 is 2.59 bits per heavy atom. The number of nitrogens with zero attached hydrogens (tertiary/aromatic N) is 2. The van der Waals surface area contributed by atoms with Gasteiger partial charge < -0.3 is 10.6 Å². The summed E-state index contributed by atoms with van der Waals surface area (Å²) in [5, 5.41) is 0. The maximum absolute atomic E-state index is 12.5. The van der Waals surface area contributed by atoms with Crippen LogP contribution >= 0.6 is 15.9 Å². The molecule has 7 heteroatoms. The summed E-state index contributed by atoms with van der Waals surface area (Å²) < 4.78 is 38.1. The number of anilines is 2. The van der Waals surface area contributed by atoms with E-state index in [1.165, 1.54) is 11.1 Å². The van der Waals surface area contributed by atoms with Gasteiger partial charge in [-0.05, 0) is 34.8 Å². The van der Waals surface area contributed by atoms with Gasteiger partial charge in [0.15, 0.2) is 5.82 Å². The van der Waals surface area contributed by atoms with E-state index in [2.05, 4.69) is 20.9 Å². The van der Waals surface area contributed by atoms with Gasteiger partial charge in [-0.3, -0.25) is 0 Å². The van der Waals surface area contributed by atoms with Crippen LogP contribution in [0.15, 0.2) is 16.7 Å². The predicted molar refractivity (Wildman–Crippen MR) is 62.8 cm³/mol. The molecule has 0 aliphatic heterocycles. The van der Waals surface area contributed by atoms with E-state index >= 15 is 0 Å². The Hall–Kier alpha value is -0.980. The van der Waals surface area contributed by atoms with Crippen molar-refractivity contribution in [3.63, 3.8) is 0 Å². The molecular weight excluding hydrogens is 299 g/mol. The average molecular weight is 310 g/mol. The summed E-state index contributed by atoms with van der Waals surface area (Å²) in [5.74, 6) is 0.216. The number of pyridine rings is 1. The van der Waals surface area contributed by atoms with Crippen LogP contribution in [-0.4, -0.2) is 23.7 Å². The van der Waals surface area contributed by atoms with Crippen LogP contribution in [0.5, 0.6) is 0 Å². The highest BCUT2D eigenvalue weighted by Crippen LogP contribution is 2.36. The second-order valence-electron chi connectivity index (χ2n) is 4.04. The molecule has 1 aliphatic carbocycles. The van der Waals surface area contributed by atoms with Crippen molar-refractivity contribution in [3.05, 3.63) is 16.7 Å². The summed E-state index contributed by atoms with van der Waals surface area (Å²) in [4.78, 5) is 5.22. The SMILES string of the molecule is Nc1cc(Br)cnc1N(CC(F)(F)F)C1CC1. The monoisotopic (exact) mass is 309 g/mol. The molecule has 2 rings (SSSR count). The number of rotatable bonds is 3. The zero-order valence-corrected chi connectivity index (χ0v) is 10.4. The van der Waals surface area contributed by atoms with Crippen LogP contribution in [0.2, 0.25) is 0 Å². The quantitative estimate of drug-likeness (QED) is 0.933. The normalized spacial score (nSPS) is 16.0. The molecule has 1 heterocycles. The van der Waals surface area contributed by atoms with Gasteiger partial charge in [-0.25, -0.2) is 4.98 Å². The zero-order chi connectivity index (χ0) is 12.6. The lowest BCUT2D eigenvalue weighted by atomic mass is 10.3. The Balaban J connectivity index is 2.26. The molecule has 0 saturated heterocycles. The first-order valence-electron chi connectivity index (χ1n) is 5.11. The van der Waals surface area contributed by atoms with Crippen LogP contribution in [0.1, 0.15) is 12.8 Å². The van der Waals surface area contributed by atoms with Gasteiger partial charge in [0.05, 0.1) is 5.69 Å². The fourth-order valence-electron chi connectivity index (χ4n) is 1.64. The highest BCUT2D eigenvalue weighted by molar-refractivity contribution is 9.10. The van der Waals surface area contributed by atoms with E-state index in [0.29, 0.717) is 4.47 Å². The molecule has 1 aromatic rings. The molecule has 1 aliphatic rings. The van der Waals surface area contributed by atoms with Gasteiger partial charge >= 0.3 is 6.18 Å². The highest BCUT2D eigenvalue weighted by Gasteiger charge is 2.39. The van der Waals surface area contributed by atoms with Crippen LogP contribution in [-0.2, 0) is 0 Å². The van der Waals surface area contributed by atoms with Crippen molar-refractivity contribution >= 4 is 27.4 Å². The van der Waals surface area contributed by atoms with E-state index in [-0.39, 0.29) is 17.5 Å². The maximum Gasteiger partial charge on any atom is 0.405 e. The number of hydrogen-bond donors (Lipinski definition) is 1. The Bertz CT molecular complexity index is 418. The van der Waals surface area contributed by atoms with Crippen LogP contribution < -0.4 is 10.6 Å². The molecule has 0 bridgehead atoms. The number of nitrogens with two attached hydrogens (primary N) is 1. The minimum absolute atomic E-state index is 0.0902. The zero-order valence-electron chi connectivity index (χ0n) is 8.84. The first-order valence-corrected chi connectivity index (χ1v) is 5.90. The van der Waals surface area contributed by atoms with Crippen LogP contribution in [0.25, 0.3) is 0 Å². The van der Waals surface area contributed by atoms with Crippen molar-refractivity contribution in [2.45, 2.75) is 25.1 Å². The topological polar surface area (TPSA) is 42.1 Å². The maximum atomic E-state index is 12.5. The molecule has 2 N–H and O–H groups in total. The predicted octanol–water partition coefficient (Wildman–Crippen LogP) is 2.96. The average Bonchev–Trinajstić information content (AvgIpc) is 2.96. The van der Waals surface area contributed by atoms with Crippen LogP contribution in [0.4, 0.5) is 24.7 Å². The molecule has 0 spiro atoms. The summed E-state index contributed by atoms with van der Waals surface area (Å²) in [6, 6.07) is 1.47. The lowest BCUT2D eigenvalue weighted by Gasteiger charge is -2.25. The molecule has 3 nitrogen and oxygen atoms in total. The van der Waals surface area contributed by atoms with Crippen molar-refractivity contribution in [1.29, 1.82) is 0 Å². The van der Waals surface area contributed by atoms with Crippen molar-refractivity contribution in [1.82, 2.24) is 4.98 Å². The third kappa shape index (κ3) is 3.24. The first-order chi connectivity index (χ1) is 7.87. The van der Waals surface area contributed by atoms with E-state index in [9.17, 15) is 13.2 Å². The summed E-state index contributed by atoms with van der Waals surface area (Å²) in [6.45, 7) is -1.00. The van der Waals surface area contributed by atoms with E-state index in [1.807, 2.05) is 0 Å². The largest absolute Gasteiger partial charge is 0.405 e. The molecule has 0 unspecified atom stereocenters. The van der Waals surface area contributed by atoms with E-state index in [4.69, 9.17) is 5.73 Å². The van der Waals surface area contributed by atoms with Crippen molar-refractivity contribution in [2.75, 3.05) is 17.2 Å². The summed E-state index contributed by atoms with van der Waals surface area (Å²) in [7, 11) is 0. The van der Waals surface area contributed by atoms with Gasteiger partial charge in [0, 0.05) is 16.7 Å². The van der Waals surface area contributed by atoms with Crippen molar-refractivity contribution in [3.8, 4) is 0 Å². The molecule has 1 saturated carbocycles. The Labute approximate surface area is 105 Å². The van der Waals surface area contributed by atoms with Gasteiger partial charge in [-0.2, -0.15) is 13.2 Å². The number of nitrogen functional groups attached to an aromatic ring is 1. The van der Waals surface area contributed by atoms with E-state index in [0.717, 1.165) is 12.8 Å². The molecule has 17 heavy (non-hydrogen) atoms. The standard InChI is InChI=1S/C10H11BrF3N3/c11-6-3-8(15)9(16-4-6)17(7-1-2-7)5-10(12,13)14/h3-4,7H,1-2,5,15H2. The number of alkyl halides is 3. The smallest absolute Gasteiger partial charge is 0.396 e. The minimum Gasteiger partial charge on any atom is -0.396 e. The number of halogens is 4. The van der Waals surface area contributed by atoms with E-state index in [1.54, 1.807) is 6.07 Å². The lowest BCUT2D eigenvalue weighted by Crippen LogP contribution is -2.37. The van der Waals surface area contributed by atoms with Gasteiger partial charge in [-0.1, -0.05) is 0 Å². The number of hydrogen-bond acceptors (Lipinski definition) is 3. The Morgan fingerprint density at radius 1 is 1.47 bits per heavy atom. The third-order valence-electron chi connectivity index (χ3n) is 2.47. The Kier molecular flexibility index (Phi) is 3.20. The first kappa shape index (κ1) is 12.5. The lowest BCUT2D eigenvalue weighted by molar-refractivity contribution is -0.120. The van der Waals surface area contributed by atoms with Crippen molar-refractivity contribution < 1.29 is 13.2 Å². The van der Waals surface area contributed by atoms with Crippen molar-refractivity contribution in [2.24, 2.45) is 0 Å². The van der Waals surface area contributed by atoms with E-state index < -0.39 is 12.7 Å². The summed E-state index contributed by atoms with van der Waals surface area (Å²) in [5.41, 5.74) is 5.96. The number of aromatic nitrogens is 1. The molecule has 0 atom stereocenters.